The minimum atomic E-state index is -0.566. The van der Waals surface area contributed by atoms with Gasteiger partial charge in [-0.3, -0.25) is 14.4 Å². The van der Waals surface area contributed by atoms with Crippen molar-refractivity contribution in [3.63, 3.8) is 0 Å². The van der Waals surface area contributed by atoms with Crippen molar-refractivity contribution in [1.82, 2.24) is 0 Å². The number of carbonyl (C=O) groups is 3. The number of esters is 1. The third kappa shape index (κ3) is 3.15. The molecular formula is C31H41NO4. The van der Waals surface area contributed by atoms with Crippen molar-refractivity contribution < 1.29 is 19.1 Å². The first kappa shape index (κ1) is 25.4. The SMILES string of the molecule is CC(=O)OC12CCC(C)(C)CC1C1C(=O)C=C3C4(C)C=C(C#N)C(=O)C(C)C4CCC3(C)C1(C)CC2. The molecule has 5 nitrogen and oxygen atoms in total. The fourth-order valence-corrected chi connectivity index (χ4v) is 9.67. The van der Waals surface area contributed by atoms with Crippen molar-refractivity contribution in [1.29, 1.82) is 5.26 Å². The molecule has 36 heavy (non-hydrogen) atoms. The lowest BCUT2D eigenvalue weighted by atomic mass is 9.36. The van der Waals surface area contributed by atoms with Crippen molar-refractivity contribution in [2.45, 2.75) is 99.0 Å². The van der Waals surface area contributed by atoms with Gasteiger partial charge in [0.05, 0.1) is 5.57 Å². The molecule has 0 aromatic rings. The van der Waals surface area contributed by atoms with E-state index in [2.05, 4.69) is 40.7 Å². The Bertz CT molecular complexity index is 1160. The highest BCUT2D eigenvalue weighted by atomic mass is 16.6. The van der Waals surface area contributed by atoms with Gasteiger partial charge in [-0.15, -0.1) is 0 Å². The lowest BCUT2D eigenvalue weighted by molar-refractivity contribution is -0.214. The summed E-state index contributed by atoms with van der Waals surface area (Å²) in [5, 5.41) is 9.75. The van der Waals surface area contributed by atoms with Gasteiger partial charge in [-0.1, -0.05) is 53.2 Å². The molecular weight excluding hydrogens is 450 g/mol. The van der Waals surface area contributed by atoms with Gasteiger partial charge in [-0.05, 0) is 73.2 Å². The van der Waals surface area contributed by atoms with Crippen LogP contribution in [0.3, 0.4) is 0 Å². The Balaban J connectivity index is 1.68. The van der Waals surface area contributed by atoms with Gasteiger partial charge in [0, 0.05) is 30.1 Å². The molecule has 0 N–H and O–H groups in total. The molecule has 0 amide bonds. The molecule has 0 aromatic carbocycles. The summed E-state index contributed by atoms with van der Waals surface area (Å²) in [7, 11) is 0. The summed E-state index contributed by atoms with van der Waals surface area (Å²) in [5.74, 6) is -0.535. The van der Waals surface area contributed by atoms with E-state index in [4.69, 9.17) is 4.74 Å². The van der Waals surface area contributed by atoms with E-state index >= 15 is 0 Å². The van der Waals surface area contributed by atoms with Crippen molar-refractivity contribution in [3.05, 3.63) is 23.3 Å². The monoisotopic (exact) mass is 491 g/mol. The number of hydrogen-bond donors (Lipinski definition) is 0. The first-order valence-corrected chi connectivity index (χ1v) is 13.8. The van der Waals surface area contributed by atoms with E-state index in [9.17, 15) is 19.6 Å². The minimum absolute atomic E-state index is 0.00590. The van der Waals surface area contributed by atoms with E-state index in [1.807, 2.05) is 19.1 Å². The Morgan fingerprint density at radius 1 is 1.03 bits per heavy atom. The Kier molecular flexibility index (Phi) is 5.40. The summed E-state index contributed by atoms with van der Waals surface area (Å²) >= 11 is 0. The third-order valence-electron chi connectivity index (χ3n) is 11.8. The van der Waals surface area contributed by atoms with E-state index < -0.39 is 11.0 Å². The molecule has 0 saturated heterocycles. The van der Waals surface area contributed by atoms with E-state index in [1.54, 1.807) is 0 Å². The summed E-state index contributed by atoms with van der Waals surface area (Å²) in [6, 6.07) is 2.15. The first-order chi connectivity index (χ1) is 16.6. The maximum atomic E-state index is 14.3. The molecule has 194 valence electrons. The average Bonchev–Trinajstić information content (AvgIpc) is 2.78. The van der Waals surface area contributed by atoms with Crippen LogP contribution in [-0.2, 0) is 19.1 Å². The molecule has 5 rings (SSSR count). The second-order valence-electron chi connectivity index (χ2n) is 14.1. The molecule has 0 aromatic heterocycles. The van der Waals surface area contributed by atoms with Crippen LogP contribution in [-0.4, -0.2) is 23.1 Å². The van der Waals surface area contributed by atoms with Crippen LogP contribution in [0.1, 0.15) is 93.4 Å². The van der Waals surface area contributed by atoms with Crippen LogP contribution in [0.2, 0.25) is 0 Å². The van der Waals surface area contributed by atoms with E-state index in [0.29, 0.717) is 0 Å². The van der Waals surface area contributed by atoms with Crippen molar-refractivity contribution >= 4 is 17.5 Å². The highest BCUT2D eigenvalue weighted by molar-refractivity contribution is 6.02. The molecule has 5 heteroatoms. The minimum Gasteiger partial charge on any atom is -0.459 e. The van der Waals surface area contributed by atoms with Gasteiger partial charge in [0.15, 0.2) is 11.6 Å². The Labute approximate surface area is 215 Å². The van der Waals surface area contributed by atoms with Gasteiger partial charge < -0.3 is 4.74 Å². The lowest BCUT2D eigenvalue weighted by Crippen LogP contribution is -2.66. The van der Waals surface area contributed by atoms with Gasteiger partial charge in [0.2, 0.25) is 0 Å². The number of fused-ring (bicyclic) bond motifs is 7. The van der Waals surface area contributed by atoms with E-state index in [1.165, 1.54) is 6.92 Å². The summed E-state index contributed by atoms with van der Waals surface area (Å²) in [5.41, 5.74) is -0.151. The molecule has 8 atom stereocenters. The molecule has 3 fully saturated rings. The fraction of sp³-hybridized carbons (Fsp3) is 0.742. The zero-order valence-corrected chi connectivity index (χ0v) is 23.0. The number of allylic oxidation sites excluding steroid dienone is 4. The highest BCUT2D eigenvalue weighted by Gasteiger charge is 2.69. The van der Waals surface area contributed by atoms with Crippen molar-refractivity contribution in [3.8, 4) is 6.07 Å². The lowest BCUT2D eigenvalue weighted by Gasteiger charge is -2.68. The van der Waals surface area contributed by atoms with Crippen LogP contribution in [0.25, 0.3) is 0 Å². The summed E-state index contributed by atoms with van der Waals surface area (Å²) in [6.45, 7) is 14.8. The van der Waals surface area contributed by atoms with Crippen LogP contribution in [0.5, 0.6) is 0 Å². The molecule has 0 aliphatic heterocycles. The average molecular weight is 492 g/mol. The Morgan fingerprint density at radius 2 is 1.69 bits per heavy atom. The molecule has 0 heterocycles. The smallest absolute Gasteiger partial charge is 0.303 e. The number of Topliss-reactive ketones (excluding diaryl/α,β-unsaturated/α-hetero) is 1. The number of rotatable bonds is 1. The second kappa shape index (κ2) is 7.65. The number of hydrogen-bond acceptors (Lipinski definition) is 5. The number of ether oxygens (including phenoxy) is 1. The third-order valence-corrected chi connectivity index (χ3v) is 11.8. The maximum absolute atomic E-state index is 14.3. The molecule has 0 spiro atoms. The standard InChI is InChI=1S/C31H41NO4/c1-18-21-8-9-29(6)24(28(21,5)15-20(17-32)26(18)35)14-23(34)25-22-16-27(3,4)10-12-31(22,36-19(2)33)13-11-30(25,29)7/h14-15,18,21-22,25H,8-13,16H2,1-7H3. The molecule has 5 aliphatic rings. The highest BCUT2D eigenvalue weighted by Crippen LogP contribution is 2.72. The predicted molar refractivity (Wildman–Crippen MR) is 136 cm³/mol. The molecule has 3 saturated carbocycles. The van der Waals surface area contributed by atoms with Crippen molar-refractivity contribution in [2.75, 3.05) is 0 Å². The van der Waals surface area contributed by atoms with Gasteiger partial charge in [-0.2, -0.15) is 5.26 Å². The molecule has 8 unspecified atom stereocenters. The van der Waals surface area contributed by atoms with E-state index in [0.717, 1.165) is 50.5 Å². The fourth-order valence-electron chi connectivity index (χ4n) is 9.67. The first-order valence-electron chi connectivity index (χ1n) is 13.8. The van der Waals surface area contributed by atoms with Gasteiger partial charge in [0.1, 0.15) is 11.7 Å². The predicted octanol–water partition coefficient (Wildman–Crippen LogP) is 6.13. The molecule has 5 aliphatic carbocycles. The summed E-state index contributed by atoms with van der Waals surface area (Å²) in [6.07, 6.45) is 9.88. The van der Waals surface area contributed by atoms with Gasteiger partial charge in [0.25, 0.3) is 0 Å². The van der Waals surface area contributed by atoms with Crippen LogP contribution in [0, 0.1) is 56.7 Å². The summed E-state index contributed by atoms with van der Waals surface area (Å²) < 4.78 is 6.15. The van der Waals surface area contributed by atoms with Gasteiger partial charge in [-0.25, -0.2) is 0 Å². The zero-order chi connectivity index (χ0) is 26.5. The largest absolute Gasteiger partial charge is 0.459 e. The van der Waals surface area contributed by atoms with Crippen LogP contribution >= 0.6 is 0 Å². The number of ketones is 2. The number of nitrogens with zero attached hydrogens (tertiary/aromatic N) is 1. The maximum Gasteiger partial charge on any atom is 0.303 e. The zero-order valence-electron chi connectivity index (χ0n) is 23.0. The molecule has 0 bridgehead atoms. The topological polar surface area (TPSA) is 84.2 Å². The quantitative estimate of drug-likeness (QED) is 0.412. The molecule has 0 radical (unpaired) electrons. The second-order valence-corrected chi connectivity index (χ2v) is 14.1. The van der Waals surface area contributed by atoms with Crippen LogP contribution in [0.15, 0.2) is 23.3 Å². The van der Waals surface area contributed by atoms with Crippen LogP contribution < -0.4 is 0 Å². The Morgan fingerprint density at radius 3 is 2.33 bits per heavy atom. The Hall–Kier alpha value is -2.22. The van der Waals surface area contributed by atoms with Crippen LogP contribution in [0.4, 0.5) is 0 Å². The number of nitriles is 1. The number of carbonyl (C=O) groups excluding carboxylic acids is 3. The van der Waals surface area contributed by atoms with E-state index in [-0.39, 0.29) is 63.0 Å². The van der Waals surface area contributed by atoms with Gasteiger partial charge >= 0.3 is 5.97 Å². The summed E-state index contributed by atoms with van der Waals surface area (Å²) in [4.78, 5) is 39.4. The van der Waals surface area contributed by atoms with Crippen molar-refractivity contribution in [2.24, 2.45) is 45.3 Å². The normalized spacial score (nSPS) is 47.2.